The molecule has 0 fully saturated rings. The highest BCUT2D eigenvalue weighted by Crippen LogP contribution is 2.47. The number of rotatable bonds is 7. The van der Waals surface area contributed by atoms with E-state index in [1.165, 1.54) is 18.2 Å². The number of carbonyl (C=O) groups excluding carboxylic acids is 1. The summed E-state index contributed by atoms with van der Waals surface area (Å²) in [6, 6.07) is 13.5. The van der Waals surface area contributed by atoms with Crippen LogP contribution in [0.3, 0.4) is 0 Å². The standard InChI is InChI=1S/C29H27F3O6/c1-28(2,3)38-26(27(34)35)25-22(29(30,31)32)12-11-21(17-6-9-20(10-7-17)37-16-33)24(25)19-8-13-23-18(15-19)5-4-14-36-23/h6-13,15-16,26H,4-5,14H2,1-3H3,(H,34,35). The highest BCUT2D eigenvalue weighted by Gasteiger charge is 2.41. The van der Waals surface area contributed by atoms with Crippen molar-refractivity contribution in [3.05, 3.63) is 71.3 Å². The molecule has 1 unspecified atom stereocenters. The van der Waals surface area contributed by atoms with E-state index >= 15 is 0 Å². The van der Waals surface area contributed by atoms with Crippen LogP contribution in [-0.4, -0.2) is 29.8 Å². The molecule has 0 radical (unpaired) electrons. The fourth-order valence-corrected chi connectivity index (χ4v) is 4.56. The summed E-state index contributed by atoms with van der Waals surface area (Å²) in [5.74, 6) is -0.645. The number of fused-ring (bicyclic) bond motifs is 1. The lowest BCUT2D eigenvalue weighted by molar-refractivity contribution is -0.163. The lowest BCUT2D eigenvalue weighted by Gasteiger charge is -2.30. The van der Waals surface area contributed by atoms with Crippen molar-refractivity contribution < 1.29 is 42.1 Å². The molecule has 0 aromatic heterocycles. The zero-order chi connectivity index (χ0) is 27.7. The van der Waals surface area contributed by atoms with Crippen LogP contribution in [0.5, 0.6) is 11.5 Å². The van der Waals surface area contributed by atoms with Crippen LogP contribution in [0.25, 0.3) is 22.3 Å². The summed E-state index contributed by atoms with van der Waals surface area (Å²) in [5.41, 5.74) is -0.451. The molecule has 0 saturated carbocycles. The summed E-state index contributed by atoms with van der Waals surface area (Å²) < 4.78 is 59.6. The molecule has 0 aliphatic carbocycles. The van der Waals surface area contributed by atoms with Gasteiger partial charge in [-0.1, -0.05) is 24.3 Å². The minimum Gasteiger partial charge on any atom is -0.493 e. The van der Waals surface area contributed by atoms with Gasteiger partial charge in [-0.2, -0.15) is 13.2 Å². The summed E-state index contributed by atoms with van der Waals surface area (Å²) in [4.78, 5) is 23.2. The number of carboxylic acid groups (broad SMARTS) is 1. The Morgan fingerprint density at radius 2 is 1.71 bits per heavy atom. The van der Waals surface area contributed by atoms with Crippen molar-refractivity contribution in [2.45, 2.75) is 51.5 Å². The summed E-state index contributed by atoms with van der Waals surface area (Å²) in [6.45, 7) is 5.57. The van der Waals surface area contributed by atoms with Gasteiger partial charge in [0.15, 0.2) is 6.10 Å². The first kappa shape index (κ1) is 27.2. The minimum absolute atomic E-state index is 0.0916. The molecule has 3 aromatic rings. The van der Waals surface area contributed by atoms with Gasteiger partial charge in [-0.05, 0) is 91.8 Å². The van der Waals surface area contributed by atoms with E-state index in [1.54, 1.807) is 51.1 Å². The summed E-state index contributed by atoms with van der Waals surface area (Å²) in [5, 5.41) is 10.1. The maximum atomic E-state index is 14.4. The zero-order valence-electron chi connectivity index (χ0n) is 21.1. The molecule has 1 aliphatic heterocycles. The number of carbonyl (C=O) groups is 2. The lowest BCUT2D eigenvalue weighted by Crippen LogP contribution is -2.29. The molecule has 0 spiro atoms. The Morgan fingerprint density at radius 3 is 2.32 bits per heavy atom. The highest BCUT2D eigenvalue weighted by molar-refractivity contribution is 5.91. The molecule has 0 bridgehead atoms. The number of benzene rings is 3. The molecule has 0 saturated heterocycles. The second-order valence-corrected chi connectivity index (χ2v) is 9.91. The predicted molar refractivity (Wildman–Crippen MR) is 134 cm³/mol. The monoisotopic (exact) mass is 528 g/mol. The molecule has 1 N–H and O–H groups in total. The van der Waals surface area contributed by atoms with Gasteiger partial charge in [0.05, 0.1) is 17.8 Å². The fourth-order valence-electron chi connectivity index (χ4n) is 4.56. The number of aliphatic carboxylic acids is 1. The van der Waals surface area contributed by atoms with Crippen molar-refractivity contribution >= 4 is 12.4 Å². The number of hydrogen-bond acceptors (Lipinski definition) is 5. The highest BCUT2D eigenvalue weighted by atomic mass is 19.4. The third kappa shape index (κ3) is 5.83. The molecular weight excluding hydrogens is 501 g/mol. The topological polar surface area (TPSA) is 82.1 Å². The molecule has 1 aliphatic rings. The van der Waals surface area contributed by atoms with Crippen LogP contribution in [0.2, 0.25) is 0 Å². The number of halogens is 3. The molecule has 1 heterocycles. The first-order valence-corrected chi connectivity index (χ1v) is 12.0. The molecule has 6 nitrogen and oxygen atoms in total. The number of alkyl halides is 3. The molecular formula is C29H27F3O6. The minimum atomic E-state index is -4.85. The summed E-state index contributed by atoms with van der Waals surface area (Å²) in [6.07, 6.45) is -5.34. The van der Waals surface area contributed by atoms with E-state index in [0.29, 0.717) is 35.5 Å². The van der Waals surface area contributed by atoms with Crippen LogP contribution in [0, 0.1) is 0 Å². The van der Waals surface area contributed by atoms with Gasteiger partial charge in [0.25, 0.3) is 6.47 Å². The Morgan fingerprint density at radius 1 is 1.03 bits per heavy atom. The van der Waals surface area contributed by atoms with E-state index in [1.807, 2.05) is 0 Å². The number of hydrogen-bond donors (Lipinski definition) is 1. The molecule has 1 atom stereocenters. The van der Waals surface area contributed by atoms with Crippen LogP contribution >= 0.6 is 0 Å². The maximum Gasteiger partial charge on any atom is 0.416 e. The number of aryl methyl sites for hydroxylation is 1. The van der Waals surface area contributed by atoms with Gasteiger partial charge in [0.1, 0.15) is 11.5 Å². The van der Waals surface area contributed by atoms with Crippen molar-refractivity contribution in [2.75, 3.05) is 6.61 Å². The van der Waals surface area contributed by atoms with E-state index in [-0.39, 0.29) is 17.8 Å². The van der Waals surface area contributed by atoms with Gasteiger partial charge < -0.3 is 19.3 Å². The molecule has 4 rings (SSSR count). The average Bonchev–Trinajstić information content (AvgIpc) is 2.85. The fraction of sp³-hybridized carbons (Fsp3) is 0.310. The van der Waals surface area contributed by atoms with Crippen molar-refractivity contribution in [1.29, 1.82) is 0 Å². The zero-order valence-corrected chi connectivity index (χ0v) is 21.1. The van der Waals surface area contributed by atoms with Crippen molar-refractivity contribution in [2.24, 2.45) is 0 Å². The van der Waals surface area contributed by atoms with E-state index in [0.717, 1.165) is 18.1 Å². The summed E-state index contributed by atoms with van der Waals surface area (Å²) in [7, 11) is 0. The quantitative estimate of drug-likeness (QED) is 0.338. The molecule has 9 heteroatoms. The van der Waals surface area contributed by atoms with Gasteiger partial charge >= 0.3 is 12.1 Å². The Kier molecular flexibility index (Phi) is 7.51. The predicted octanol–water partition coefficient (Wildman–Crippen LogP) is 6.84. The molecule has 0 amide bonds. The number of ether oxygens (including phenoxy) is 3. The van der Waals surface area contributed by atoms with E-state index < -0.39 is 35.0 Å². The first-order chi connectivity index (χ1) is 17.9. The van der Waals surface area contributed by atoms with Crippen LogP contribution in [0.15, 0.2) is 54.6 Å². The Hall–Kier alpha value is -3.85. The maximum absolute atomic E-state index is 14.4. The van der Waals surface area contributed by atoms with Crippen LogP contribution in [0.4, 0.5) is 13.2 Å². The van der Waals surface area contributed by atoms with E-state index in [2.05, 4.69) is 0 Å². The third-order valence-electron chi connectivity index (χ3n) is 6.06. The van der Waals surface area contributed by atoms with Crippen LogP contribution in [-0.2, 0) is 26.9 Å². The third-order valence-corrected chi connectivity index (χ3v) is 6.06. The number of carboxylic acids is 1. The van der Waals surface area contributed by atoms with Gasteiger partial charge in [0, 0.05) is 5.56 Å². The Bertz CT molecular complexity index is 1340. The van der Waals surface area contributed by atoms with Crippen molar-refractivity contribution in [1.82, 2.24) is 0 Å². The normalized spacial score (nSPS) is 14.3. The Labute approximate surface area is 218 Å². The summed E-state index contributed by atoms with van der Waals surface area (Å²) >= 11 is 0. The van der Waals surface area contributed by atoms with Crippen LogP contribution < -0.4 is 9.47 Å². The van der Waals surface area contributed by atoms with Gasteiger partial charge in [-0.3, -0.25) is 4.79 Å². The Balaban J connectivity index is 2.07. The molecule has 200 valence electrons. The second kappa shape index (κ2) is 10.5. The van der Waals surface area contributed by atoms with Crippen LogP contribution in [0.1, 0.15) is 50.0 Å². The SMILES string of the molecule is CC(C)(C)OC(C(=O)O)c1c(C(F)(F)F)ccc(-c2ccc(OC=O)cc2)c1-c1ccc2c(c1)CCCO2. The second-order valence-electron chi connectivity index (χ2n) is 9.91. The van der Waals surface area contributed by atoms with Gasteiger partial charge in [-0.15, -0.1) is 0 Å². The van der Waals surface area contributed by atoms with Gasteiger partial charge in [0.2, 0.25) is 0 Å². The van der Waals surface area contributed by atoms with Crippen molar-refractivity contribution in [3.63, 3.8) is 0 Å². The van der Waals surface area contributed by atoms with Crippen molar-refractivity contribution in [3.8, 4) is 33.8 Å². The van der Waals surface area contributed by atoms with E-state index in [4.69, 9.17) is 14.2 Å². The first-order valence-electron chi connectivity index (χ1n) is 12.0. The van der Waals surface area contributed by atoms with E-state index in [9.17, 15) is 27.9 Å². The molecule has 38 heavy (non-hydrogen) atoms. The smallest absolute Gasteiger partial charge is 0.416 e. The lowest BCUT2D eigenvalue weighted by atomic mass is 9.84. The molecule has 3 aromatic carbocycles. The largest absolute Gasteiger partial charge is 0.493 e. The van der Waals surface area contributed by atoms with Gasteiger partial charge in [-0.25, -0.2) is 4.79 Å². The average molecular weight is 529 g/mol.